The van der Waals surface area contributed by atoms with Gasteiger partial charge in [0.15, 0.2) is 5.76 Å². The molecule has 0 unspecified atom stereocenters. The van der Waals surface area contributed by atoms with Crippen molar-refractivity contribution in [1.82, 2.24) is 15.1 Å². The fraction of sp³-hybridized carbons (Fsp3) is 0.250. The molecule has 0 aliphatic heterocycles. The Kier molecular flexibility index (Phi) is 3.25. The van der Waals surface area contributed by atoms with E-state index in [0.29, 0.717) is 12.5 Å². The van der Waals surface area contributed by atoms with Crippen LogP contribution in [0.15, 0.2) is 16.7 Å². The van der Waals surface area contributed by atoms with Gasteiger partial charge in [0.05, 0.1) is 17.6 Å². The first kappa shape index (κ1) is 12.8. The van der Waals surface area contributed by atoms with Crippen LogP contribution in [0.3, 0.4) is 0 Å². The van der Waals surface area contributed by atoms with Crippen LogP contribution in [0.4, 0.5) is 11.8 Å². The highest BCUT2D eigenvalue weighted by molar-refractivity contribution is 7.18. The normalized spacial score (nSPS) is 10.9. The highest BCUT2D eigenvalue weighted by Crippen LogP contribution is 2.29. The third-order valence-corrected chi connectivity index (χ3v) is 3.70. The summed E-state index contributed by atoms with van der Waals surface area (Å²) in [5, 5.41) is 8.06. The average molecular weight is 290 g/mol. The molecular formula is C12H14N6OS. The number of thiophene rings is 1. The van der Waals surface area contributed by atoms with Crippen molar-refractivity contribution in [1.29, 1.82) is 0 Å². The summed E-state index contributed by atoms with van der Waals surface area (Å²) in [5.74, 6) is 7.26. The van der Waals surface area contributed by atoms with Gasteiger partial charge in [0, 0.05) is 10.9 Å². The number of nitrogens with one attached hydrogen (secondary N) is 2. The lowest BCUT2D eigenvalue weighted by atomic mass is 10.3. The van der Waals surface area contributed by atoms with Gasteiger partial charge in [-0.25, -0.2) is 10.8 Å². The Balaban J connectivity index is 1.92. The Labute approximate surface area is 119 Å². The first-order valence-electron chi connectivity index (χ1n) is 6.06. The number of anilines is 2. The second kappa shape index (κ2) is 5.06. The van der Waals surface area contributed by atoms with Crippen molar-refractivity contribution in [2.24, 2.45) is 5.84 Å². The quantitative estimate of drug-likeness (QED) is 0.500. The Morgan fingerprint density at radius 1 is 1.30 bits per heavy atom. The zero-order chi connectivity index (χ0) is 14.1. The third kappa shape index (κ3) is 2.43. The maximum atomic E-state index is 5.40. The number of nitrogen functional groups attached to an aromatic ring is 1. The lowest BCUT2D eigenvalue weighted by molar-refractivity contribution is 0.384. The largest absolute Gasteiger partial charge is 0.362 e. The van der Waals surface area contributed by atoms with E-state index < -0.39 is 0 Å². The van der Waals surface area contributed by atoms with Gasteiger partial charge in [-0.3, -0.25) is 5.43 Å². The van der Waals surface area contributed by atoms with E-state index in [9.17, 15) is 0 Å². The van der Waals surface area contributed by atoms with E-state index in [2.05, 4.69) is 25.9 Å². The summed E-state index contributed by atoms with van der Waals surface area (Å²) in [5.41, 5.74) is 3.33. The van der Waals surface area contributed by atoms with E-state index in [1.54, 1.807) is 11.3 Å². The van der Waals surface area contributed by atoms with Crippen molar-refractivity contribution < 1.29 is 4.52 Å². The number of nitrogens with two attached hydrogens (primary N) is 1. The number of hydrogen-bond donors (Lipinski definition) is 3. The molecule has 0 atom stereocenters. The van der Waals surface area contributed by atoms with Crippen molar-refractivity contribution in [3.05, 3.63) is 28.5 Å². The van der Waals surface area contributed by atoms with Gasteiger partial charge in [0.25, 0.3) is 0 Å². The van der Waals surface area contributed by atoms with E-state index in [-0.39, 0.29) is 0 Å². The number of hydrazine groups is 1. The van der Waals surface area contributed by atoms with Gasteiger partial charge in [0.2, 0.25) is 5.95 Å². The molecule has 0 fully saturated rings. The number of fused-ring (bicyclic) bond motifs is 1. The maximum absolute atomic E-state index is 5.40. The van der Waals surface area contributed by atoms with Gasteiger partial charge in [-0.2, -0.15) is 4.98 Å². The van der Waals surface area contributed by atoms with Crippen molar-refractivity contribution in [3.8, 4) is 0 Å². The summed E-state index contributed by atoms with van der Waals surface area (Å²) in [6.45, 7) is 4.42. The topological polar surface area (TPSA) is 102 Å². The second-order valence-corrected chi connectivity index (χ2v) is 5.64. The van der Waals surface area contributed by atoms with Crippen molar-refractivity contribution in [3.63, 3.8) is 0 Å². The smallest absolute Gasteiger partial charge is 0.240 e. The van der Waals surface area contributed by atoms with Crippen LogP contribution in [0.25, 0.3) is 10.2 Å². The molecule has 0 saturated heterocycles. The minimum absolute atomic E-state index is 0.385. The fourth-order valence-electron chi connectivity index (χ4n) is 1.91. The van der Waals surface area contributed by atoms with Gasteiger partial charge in [-0.1, -0.05) is 5.16 Å². The maximum Gasteiger partial charge on any atom is 0.240 e. The highest BCUT2D eigenvalue weighted by Gasteiger charge is 2.11. The Morgan fingerprint density at radius 3 is 2.85 bits per heavy atom. The van der Waals surface area contributed by atoms with Crippen LogP contribution in [0.5, 0.6) is 0 Å². The lowest BCUT2D eigenvalue weighted by Gasteiger charge is -2.06. The molecule has 0 saturated carbocycles. The number of nitrogens with zero attached hydrogens (tertiary/aromatic N) is 3. The summed E-state index contributed by atoms with van der Waals surface area (Å²) in [6.07, 6.45) is 0. The fourth-order valence-corrected chi connectivity index (χ4v) is 2.79. The molecule has 7 nitrogen and oxygen atoms in total. The van der Waals surface area contributed by atoms with E-state index >= 15 is 0 Å². The molecule has 3 aromatic rings. The van der Waals surface area contributed by atoms with Crippen LogP contribution >= 0.6 is 11.3 Å². The van der Waals surface area contributed by atoms with Crippen LogP contribution in [0, 0.1) is 13.8 Å². The molecule has 4 N–H and O–H groups in total. The second-order valence-electron chi connectivity index (χ2n) is 4.40. The molecule has 0 aliphatic rings. The lowest BCUT2D eigenvalue weighted by Crippen LogP contribution is -2.12. The minimum Gasteiger partial charge on any atom is -0.362 e. The van der Waals surface area contributed by atoms with E-state index in [1.165, 1.54) is 4.88 Å². The molecule has 3 aromatic heterocycles. The summed E-state index contributed by atoms with van der Waals surface area (Å²) in [6, 6.07) is 3.93. The SMILES string of the molecule is Cc1cc(CNc2nc(NN)nc3sc(C)cc23)on1. The van der Waals surface area contributed by atoms with Gasteiger partial charge in [0.1, 0.15) is 10.6 Å². The first-order valence-corrected chi connectivity index (χ1v) is 6.88. The van der Waals surface area contributed by atoms with E-state index in [4.69, 9.17) is 10.4 Å². The van der Waals surface area contributed by atoms with Crippen molar-refractivity contribution in [2.45, 2.75) is 20.4 Å². The van der Waals surface area contributed by atoms with Crippen LogP contribution in [-0.4, -0.2) is 15.1 Å². The van der Waals surface area contributed by atoms with Gasteiger partial charge in [-0.05, 0) is 19.9 Å². The molecule has 0 aliphatic carbocycles. The monoisotopic (exact) mass is 290 g/mol. The molecule has 20 heavy (non-hydrogen) atoms. The molecule has 0 radical (unpaired) electrons. The number of aromatic nitrogens is 3. The van der Waals surface area contributed by atoms with Crippen molar-refractivity contribution in [2.75, 3.05) is 10.7 Å². The molecular weight excluding hydrogens is 276 g/mol. The Hall–Kier alpha value is -2.19. The molecule has 3 heterocycles. The van der Waals surface area contributed by atoms with Crippen LogP contribution in [0.2, 0.25) is 0 Å². The standard InChI is InChI=1S/C12H14N6OS/c1-6-3-8(19-18-6)5-14-10-9-4-7(2)20-11(9)16-12(15-10)17-13/h3-4H,5,13H2,1-2H3,(H2,14,15,16,17). The molecule has 0 bridgehead atoms. The molecule has 0 spiro atoms. The number of aryl methyl sites for hydroxylation is 2. The summed E-state index contributed by atoms with van der Waals surface area (Å²) in [7, 11) is 0. The Morgan fingerprint density at radius 2 is 2.15 bits per heavy atom. The number of hydrogen-bond acceptors (Lipinski definition) is 8. The third-order valence-electron chi connectivity index (χ3n) is 2.75. The van der Waals surface area contributed by atoms with Gasteiger partial charge >= 0.3 is 0 Å². The zero-order valence-electron chi connectivity index (χ0n) is 11.1. The molecule has 0 aromatic carbocycles. The highest BCUT2D eigenvalue weighted by atomic mass is 32.1. The predicted octanol–water partition coefficient (Wildman–Crippen LogP) is 2.19. The van der Waals surface area contributed by atoms with Crippen LogP contribution < -0.4 is 16.6 Å². The van der Waals surface area contributed by atoms with Gasteiger partial charge in [-0.15, -0.1) is 11.3 Å². The average Bonchev–Trinajstić information content (AvgIpc) is 3.00. The first-order chi connectivity index (χ1) is 9.65. The minimum atomic E-state index is 0.385. The molecule has 8 heteroatoms. The molecule has 0 amide bonds. The van der Waals surface area contributed by atoms with Gasteiger partial charge < -0.3 is 9.84 Å². The van der Waals surface area contributed by atoms with E-state index in [1.807, 2.05) is 26.0 Å². The molecule has 3 rings (SSSR count). The summed E-state index contributed by atoms with van der Waals surface area (Å²) < 4.78 is 5.17. The summed E-state index contributed by atoms with van der Waals surface area (Å²) in [4.78, 5) is 10.7. The van der Waals surface area contributed by atoms with Crippen LogP contribution in [-0.2, 0) is 6.54 Å². The van der Waals surface area contributed by atoms with E-state index in [0.717, 1.165) is 27.5 Å². The van der Waals surface area contributed by atoms with Crippen molar-refractivity contribution >= 4 is 33.3 Å². The predicted molar refractivity (Wildman–Crippen MR) is 78.5 cm³/mol. The summed E-state index contributed by atoms with van der Waals surface area (Å²) >= 11 is 1.60. The molecule has 104 valence electrons. The Bertz CT molecular complexity index is 750. The zero-order valence-corrected chi connectivity index (χ0v) is 11.9. The number of rotatable bonds is 4. The van der Waals surface area contributed by atoms with Crippen LogP contribution in [0.1, 0.15) is 16.3 Å².